The summed E-state index contributed by atoms with van der Waals surface area (Å²) in [4.78, 5) is 14.0. The molecule has 3 nitrogen and oxygen atoms in total. The minimum Gasteiger partial charge on any atom is -0.481 e. The van der Waals surface area contributed by atoms with Gasteiger partial charge in [-0.1, -0.05) is 33.1 Å². The number of likely N-dealkylation sites (tertiary alicyclic amines) is 1. The van der Waals surface area contributed by atoms with E-state index in [-0.39, 0.29) is 0 Å². The molecule has 2 aliphatic rings. The number of piperidine rings is 1. The zero-order valence-electron chi connectivity index (χ0n) is 13.3. The first-order chi connectivity index (χ1) is 9.56. The Balaban J connectivity index is 1.91. The van der Waals surface area contributed by atoms with Gasteiger partial charge in [-0.2, -0.15) is 0 Å². The van der Waals surface area contributed by atoms with Crippen LogP contribution in [0.1, 0.15) is 71.6 Å². The summed E-state index contributed by atoms with van der Waals surface area (Å²) in [6.45, 7) is 6.99. The zero-order chi connectivity index (χ0) is 14.6. The summed E-state index contributed by atoms with van der Waals surface area (Å²) in [6.07, 6.45) is 11.1. The molecule has 0 aromatic heterocycles. The standard InChI is InChI=1S/C17H31NO2/c1-3-17(4-2,15(19)20)14-18-12-10-16(11-13-18)8-6-5-7-9-16/h3-14H2,1-2H3,(H,19,20). The third-order valence-electron chi connectivity index (χ3n) is 6.16. The van der Waals surface area contributed by atoms with Crippen LogP contribution in [0.25, 0.3) is 0 Å². The fraction of sp³-hybridized carbons (Fsp3) is 0.941. The van der Waals surface area contributed by atoms with Crippen molar-refractivity contribution in [3.63, 3.8) is 0 Å². The maximum Gasteiger partial charge on any atom is 0.310 e. The van der Waals surface area contributed by atoms with Crippen LogP contribution < -0.4 is 0 Å². The molecule has 3 heteroatoms. The molecule has 0 unspecified atom stereocenters. The van der Waals surface area contributed by atoms with Gasteiger partial charge in [0.1, 0.15) is 0 Å². The summed E-state index contributed by atoms with van der Waals surface area (Å²) in [5.41, 5.74) is 0.0795. The van der Waals surface area contributed by atoms with Gasteiger partial charge in [0.05, 0.1) is 5.41 Å². The van der Waals surface area contributed by atoms with Crippen LogP contribution in [0, 0.1) is 10.8 Å². The van der Waals surface area contributed by atoms with Gasteiger partial charge in [-0.15, -0.1) is 0 Å². The van der Waals surface area contributed by atoms with Crippen LogP contribution in [0.15, 0.2) is 0 Å². The molecule has 2 rings (SSSR count). The lowest BCUT2D eigenvalue weighted by atomic mass is 9.68. The molecule has 0 bridgehead atoms. The molecule has 0 atom stereocenters. The van der Waals surface area contributed by atoms with Gasteiger partial charge in [0.15, 0.2) is 0 Å². The molecule has 116 valence electrons. The maximum atomic E-state index is 11.6. The SMILES string of the molecule is CCC(CC)(CN1CCC2(CCCCC2)CC1)C(=O)O. The summed E-state index contributed by atoms with van der Waals surface area (Å²) in [7, 11) is 0. The van der Waals surface area contributed by atoms with Crippen molar-refractivity contribution in [3.8, 4) is 0 Å². The molecule has 1 aliphatic carbocycles. The third kappa shape index (κ3) is 3.19. The van der Waals surface area contributed by atoms with Gasteiger partial charge in [0, 0.05) is 6.54 Å². The van der Waals surface area contributed by atoms with Crippen LogP contribution in [0.3, 0.4) is 0 Å². The van der Waals surface area contributed by atoms with Crippen molar-refractivity contribution in [2.75, 3.05) is 19.6 Å². The maximum absolute atomic E-state index is 11.6. The molecule has 1 aliphatic heterocycles. The van der Waals surface area contributed by atoms with E-state index < -0.39 is 11.4 Å². The number of carbonyl (C=O) groups is 1. The first kappa shape index (κ1) is 15.8. The molecule has 1 saturated carbocycles. The number of aliphatic carboxylic acids is 1. The van der Waals surface area contributed by atoms with Crippen molar-refractivity contribution in [1.82, 2.24) is 4.90 Å². The van der Waals surface area contributed by atoms with Gasteiger partial charge in [-0.3, -0.25) is 4.79 Å². The van der Waals surface area contributed by atoms with E-state index in [1.54, 1.807) is 0 Å². The highest BCUT2D eigenvalue weighted by Crippen LogP contribution is 2.45. The lowest BCUT2D eigenvalue weighted by molar-refractivity contribution is -0.151. The van der Waals surface area contributed by atoms with Crippen LogP contribution in [0.2, 0.25) is 0 Å². The quantitative estimate of drug-likeness (QED) is 0.830. The van der Waals surface area contributed by atoms with Crippen molar-refractivity contribution < 1.29 is 9.90 Å². The summed E-state index contributed by atoms with van der Waals surface area (Å²) in [6, 6.07) is 0. The molecule has 0 aromatic carbocycles. The molecule has 1 saturated heterocycles. The van der Waals surface area contributed by atoms with E-state index in [1.807, 2.05) is 13.8 Å². The Kier molecular flexibility index (Phi) is 5.11. The average molecular weight is 281 g/mol. The van der Waals surface area contributed by atoms with Crippen molar-refractivity contribution in [2.24, 2.45) is 10.8 Å². The highest BCUT2D eigenvalue weighted by atomic mass is 16.4. The van der Waals surface area contributed by atoms with Crippen LogP contribution in [-0.4, -0.2) is 35.6 Å². The number of rotatable bonds is 5. The predicted octanol–water partition coefficient (Wildman–Crippen LogP) is 3.92. The summed E-state index contributed by atoms with van der Waals surface area (Å²) >= 11 is 0. The second-order valence-corrected chi connectivity index (χ2v) is 7.13. The number of hydrogen-bond donors (Lipinski definition) is 1. The molecular weight excluding hydrogens is 250 g/mol. The summed E-state index contributed by atoms with van der Waals surface area (Å²) < 4.78 is 0. The van der Waals surface area contributed by atoms with Crippen LogP contribution in [0.4, 0.5) is 0 Å². The van der Waals surface area contributed by atoms with Crippen LogP contribution in [0.5, 0.6) is 0 Å². The van der Waals surface area contributed by atoms with Crippen molar-refractivity contribution in [2.45, 2.75) is 71.6 Å². The first-order valence-electron chi connectivity index (χ1n) is 8.52. The number of nitrogens with zero attached hydrogens (tertiary/aromatic N) is 1. The van der Waals surface area contributed by atoms with Gasteiger partial charge in [0.25, 0.3) is 0 Å². The Morgan fingerprint density at radius 1 is 1.05 bits per heavy atom. The zero-order valence-corrected chi connectivity index (χ0v) is 13.3. The molecule has 1 N–H and O–H groups in total. The fourth-order valence-electron chi connectivity index (χ4n) is 4.26. The van der Waals surface area contributed by atoms with Crippen molar-refractivity contribution in [1.29, 1.82) is 0 Å². The molecule has 0 aromatic rings. The van der Waals surface area contributed by atoms with E-state index in [0.29, 0.717) is 5.41 Å². The number of carboxylic acid groups (broad SMARTS) is 1. The molecule has 20 heavy (non-hydrogen) atoms. The van der Waals surface area contributed by atoms with E-state index in [9.17, 15) is 9.90 Å². The van der Waals surface area contributed by atoms with E-state index in [4.69, 9.17) is 0 Å². The van der Waals surface area contributed by atoms with Gasteiger partial charge < -0.3 is 10.0 Å². The Labute approximate surface area is 123 Å². The Bertz CT molecular complexity index is 320. The number of carboxylic acids is 1. The van der Waals surface area contributed by atoms with Crippen LogP contribution in [-0.2, 0) is 4.79 Å². The average Bonchev–Trinajstić information content (AvgIpc) is 2.48. The lowest BCUT2D eigenvalue weighted by Gasteiger charge is -2.46. The third-order valence-corrected chi connectivity index (χ3v) is 6.16. The van der Waals surface area contributed by atoms with Gasteiger partial charge >= 0.3 is 5.97 Å². The van der Waals surface area contributed by atoms with E-state index >= 15 is 0 Å². The Hall–Kier alpha value is -0.570. The first-order valence-corrected chi connectivity index (χ1v) is 8.52. The largest absolute Gasteiger partial charge is 0.481 e. The summed E-state index contributed by atoms with van der Waals surface area (Å²) in [5, 5.41) is 9.57. The summed E-state index contributed by atoms with van der Waals surface area (Å²) in [5.74, 6) is -0.611. The normalized spacial score (nSPS) is 23.9. The van der Waals surface area contributed by atoms with E-state index in [1.165, 1.54) is 44.9 Å². The second-order valence-electron chi connectivity index (χ2n) is 7.13. The van der Waals surface area contributed by atoms with E-state index in [0.717, 1.165) is 32.5 Å². The fourth-order valence-corrected chi connectivity index (χ4v) is 4.26. The van der Waals surface area contributed by atoms with E-state index in [2.05, 4.69) is 4.90 Å². The predicted molar refractivity (Wildman–Crippen MR) is 81.8 cm³/mol. The topological polar surface area (TPSA) is 40.5 Å². The lowest BCUT2D eigenvalue weighted by Crippen LogP contribution is -2.48. The Morgan fingerprint density at radius 3 is 2.05 bits per heavy atom. The highest BCUT2D eigenvalue weighted by Gasteiger charge is 2.40. The molecular formula is C17H31NO2. The van der Waals surface area contributed by atoms with Gasteiger partial charge in [-0.25, -0.2) is 0 Å². The molecule has 0 radical (unpaired) electrons. The second kappa shape index (κ2) is 6.46. The monoisotopic (exact) mass is 281 g/mol. The molecule has 0 amide bonds. The minimum atomic E-state index is -0.611. The Morgan fingerprint density at radius 2 is 1.60 bits per heavy atom. The van der Waals surface area contributed by atoms with Gasteiger partial charge in [-0.05, 0) is 57.0 Å². The smallest absolute Gasteiger partial charge is 0.310 e. The van der Waals surface area contributed by atoms with Crippen molar-refractivity contribution in [3.05, 3.63) is 0 Å². The van der Waals surface area contributed by atoms with Crippen molar-refractivity contribution >= 4 is 5.97 Å². The minimum absolute atomic E-state index is 0.531. The van der Waals surface area contributed by atoms with Crippen LogP contribution >= 0.6 is 0 Å². The number of hydrogen-bond acceptors (Lipinski definition) is 2. The van der Waals surface area contributed by atoms with Gasteiger partial charge in [0.2, 0.25) is 0 Å². The molecule has 2 fully saturated rings. The molecule has 1 spiro atoms. The highest BCUT2D eigenvalue weighted by molar-refractivity contribution is 5.74. The molecule has 1 heterocycles.